The van der Waals surface area contributed by atoms with Gasteiger partial charge in [-0.25, -0.2) is 9.78 Å². The molecule has 0 spiro atoms. The quantitative estimate of drug-likeness (QED) is 0.596. The van der Waals surface area contributed by atoms with Crippen molar-refractivity contribution >= 4 is 34.9 Å². The number of ether oxygens (including phenoxy) is 2. The molecule has 8 nitrogen and oxygen atoms in total. The largest absolute Gasteiger partial charge is 0.465 e. The third kappa shape index (κ3) is 5.69. The molecule has 0 radical (unpaired) electrons. The molecule has 9 heteroatoms. The molecule has 2 aromatic heterocycles. The van der Waals surface area contributed by atoms with E-state index < -0.39 is 24.5 Å². The lowest BCUT2D eigenvalue weighted by Crippen LogP contribution is -2.21. The fraction of sp³-hybridized carbons (Fsp3) is 0.150. The SMILES string of the molecule is COC(=O)c1ccc(NC(=O)COC(=O)Cc2csc(-c3cccnc3)n2)cc1. The average Bonchev–Trinajstić information content (AvgIpc) is 3.21. The van der Waals surface area contributed by atoms with E-state index in [-0.39, 0.29) is 6.42 Å². The van der Waals surface area contributed by atoms with Crippen molar-refractivity contribution < 1.29 is 23.9 Å². The summed E-state index contributed by atoms with van der Waals surface area (Å²) in [7, 11) is 1.29. The molecule has 1 amide bonds. The number of esters is 2. The molecule has 1 aromatic carbocycles. The van der Waals surface area contributed by atoms with Crippen LogP contribution in [0.25, 0.3) is 10.6 Å². The van der Waals surface area contributed by atoms with Gasteiger partial charge in [-0.15, -0.1) is 11.3 Å². The Kier molecular flexibility index (Phi) is 6.64. The number of methoxy groups -OCH3 is 1. The van der Waals surface area contributed by atoms with E-state index in [2.05, 4.69) is 20.0 Å². The second-order valence-electron chi connectivity index (χ2n) is 5.84. The predicted octanol–water partition coefficient (Wildman–Crippen LogP) is 2.72. The summed E-state index contributed by atoms with van der Waals surface area (Å²) in [4.78, 5) is 43.7. The van der Waals surface area contributed by atoms with Crippen molar-refractivity contribution in [3.05, 3.63) is 65.4 Å². The van der Waals surface area contributed by atoms with Crippen molar-refractivity contribution in [1.29, 1.82) is 0 Å². The number of carbonyl (C=O) groups excluding carboxylic acids is 3. The summed E-state index contributed by atoms with van der Waals surface area (Å²) >= 11 is 1.40. The molecule has 29 heavy (non-hydrogen) atoms. The lowest BCUT2D eigenvalue weighted by molar-refractivity contribution is -0.146. The summed E-state index contributed by atoms with van der Waals surface area (Å²) in [5.41, 5.74) is 2.28. The summed E-state index contributed by atoms with van der Waals surface area (Å²) in [5.74, 6) is -1.51. The number of amides is 1. The third-order valence-corrected chi connectivity index (χ3v) is 4.68. The molecule has 0 aliphatic carbocycles. The summed E-state index contributed by atoms with van der Waals surface area (Å²) in [6.07, 6.45) is 3.34. The smallest absolute Gasteiger partial charge is 0.337 e. The molecule has 0 aliphatic rings. The number of hydrogen-bond donors (Lipinski definition) is 1. The first-order valence-electron chi connectivity index (χ1n) is 8.54. The highest BCUT2D eigenvalue weighted by Crippen LogP contribution is 2.22. The number of carbonyl (C=O) groups is 3. The Balaban J connectivity index is 1.46. The predicted molar refractivity (Wildman–Crippen MR) is 106 cm³/mol. The van der Waals surface area contributed by atoms with Gasteiger partial charge in [-0.3, -0.25) is 14.6 Å². The van der Waals surface area contributed by atoms with Crippen LogP contribution in [0.5, 0.6) is 0 Å². The van der Waals surface area contributed by atoms with E-state index in [1.165, 1.54) is 30.6 Å². The van der Waals surface area contributed by atoms with Crippen LogP contribution in [0.4, 0.5) is 5.69 Å². The Hall–Kier alpha value is -3.59. The van der Waals surface area contributed by atoms with Crippen molar-refractivity contribution in [2.75, 3.05) is 19.0 Å². The maximum absolute atomic E-state index is 12.0. The van der Waals surface area contributed by atoms with Gasteiger partial charge in [0.05, 0.1) is 24.8 Å². The first-order valence-corrected chi connectivity index (χ1v) is 9.42. The van der Waals surface area contributed by atoms with Gasteiger partial charge in [-0.1, -0.05) is 0 Å². The molecule has 3 aromatic rings. The Labute approximate surface area is 170 Å². The number of rotatable bonds is 7. The highest BCUT2D eigenvalue weighted by atomic mass is 32.1. The lowest BCUT2D eigenvalue weighted by Gasteiger charge is -2.07. The van der Waals surface area contributed by atoms with Gasteiger partial charge < -0.3 is 14.8 Å². The zero-order valence-corrected chi connectivity index (χ0v) is 16.3. The maximum atomic E-state index is 12.0. The number of benzene rings is 1. The third-order valence-electron chi connectivity index (χ3n) is 3.74. The number of anilines is 1. The lowest BCUT2D eigenvalue weighted by atomic mass is 10.2. The molecular formula is C20H17N3O5S. The van der Waals surface area contributed by atoms with Crippen LogP contribution in [0.2, 0.25) is 0 Å². The van der Waals surface area contributed by atoms with E-state index in [1.54, 1.807) is 29.9 Å². The summed E-state index contributed by atoms with van der Waals surface area (Å²) in [5, 5.41) is 5.11. The summed E-state index contributed by atoms with van der Waals surface area (Å²) in [6, 6.07) is 9.86. The summed E-state index contributed by atoms with van der Waals surface area (Å²) in [6.45, 7) is -0.419. The van der Waals surface area contributed by atoms with E-state index in [1.807, 2.05) is 12.1 Å². The minimum Gasteiger partial charge on any atom is -0.465 e. The minimum atomic E-state index is -0.552. The van der Waals surface area contributed by atoms with Gasteiger partial charge in [0.1, 0.15) is 5.01 Å². The van der Waals surface area contributed by atoms with Gasteiger partial charge >= 0.3 is 11.9 Å². The van der Waals surface area contributed by atoms with Crippen LogP contribution in [0.1, 0.15) is 16.1 Å². The van der Waals surface area contributed by atoms with Crippen molar-refractivity contribution in [1.82, 2.24) is 9.97 Å². The van der Waals surface area contributed by atoms with Crippen molar-refractivity contribution in [3.8, 4) is 10.6 Å². The minimum absolute atomic E-state index is 0.0299. The molecule has 3 rings (SSSR count). The average molecular weight is 411 g/mol. The van der Waals surface area contributed by atoms with Gasteiger partial charge in [0.15, 0.2) is 6.61 Å². The first-order chi connectivity index (χ1) is 14.0. The Bertz CT molecular complexity index is 1000. The molecule has 0 saturated carbocycles. The second-order valence-corrected chi connectivity index (χ2v) is 6.70. The van der Waals surface area contributed by atoms with Crippen molar-refractivity contribution in [2.45, 2.75) is 6.42 Å². The van der Waals surface area contributed by atoms with Gasteiger partial charge in [0.2, 0.25) is 0 Å². The van der Waals surface area contributed by atoms with Crippen LogP contribution >= 0.6 is 11.3 Å². The Morgan fingerprint density at radius 2 is 1.93 bits per heavy atom. The number of nitrogens with one attached hydrogen (secondary N) is 1. The standard InChI is InChI=1S/C20H17N3O5S/c1-27-20(26)13-4-6-15(7-5-13)22-17(24)11-28-18(25)9-16-12-29-19(23-16)14-3-2-8-21-10-14/h2-8,10,12H,9,11H2,1H3,(H,22,24). The fourth-order valence-corrected chi connectivity index (χ4v) is 3.17. The monoisotopic (exact) mass is 411 g/mol. The number of thiazole rings is 1. The zero-order valence-electron chi connectivity index (χ0n) is 15.5. The molecule has 1 N–H and O–H groups in total. The molecule has 0 aliphatic heterocycles. The normalized spacial score (nSPS) is 10.2. The van der Waals surface area contributed by atoms with Crippen molar-refractivity contribution in [3.63, 3.8) is 0 Å². The molecule has 0 unspecified atom stereocenters. The van der Waals surface area contributed by atoms with E-state index in [9.17, 15) is 14.4 Å². The highest BCUT2D eigenvalue weighted by molar-refractivity contribution is 7.13. The van der Waals surface area contributed by atoms with E-state index in [0.717, 1.165) is 10.6 Å². The molecule has 0 atom stereocenters. The topological polar surface area (TPSA) is 107 Å². The van der Waals surface area contributed by atoms with Crippen LogP contribution in [-0.4, -0.2) is 41.5 Å². The van der Waals surface area contributed by atoms with Crippen LogP contribution in [0.3, 0.4) is 0 Å². The second kappa shape index (κ2) is 9.56. The van der Waals surface area contributed by atoms with Crippen LogP contribution < -0.4 is 5.32 Å². The molecule has 148 valence electrons. The molecule has 0 bridgehead atoms. The van der Waals surface area contributed by atoms with E-state index in [0.29, 0.717) is 16.9 Å². The Morgan fingerprint density at radius 1 is 1.14 bits per heavy atom. The maximum Gasteiger partial charge on any atom is 0.337 e. The highest BCUT2D eigenvalue weighted by Gasteiger charge is 2.12. The summed E-state index contributed by atoms with van der Waals surface area (Å²) < 4.78 is 9.61. The van der Waals surface area contributed by atoms with Gasteiger partial charge in [-0.05, 0) is 36.4 Å². The number of aromatic nitrogens is 2. The fourth-order valence-electron chi connectivity index (χ4n) is 2.36. The molecule has 2 heterocycles. The van der Waals surface area contributed by atoms with Crippen LogP contribution in [0.15, 0.2) is 54.2 Å². The van der Waals surface area contributed by atoms with E-state index in [4.69, 9.17) is 4.74 Å². The molecular weight excluding hydrogens is 394 g/mol. The number of pyridine rings is 1. The number of nitrogens with zero attached hydrogens (tertiary/aromatic N) is 2. The zero-order chi connectivity index (χ0) is 20.6. The molecule has 0 saturated heterocycles. The Morgan fingerprint density at radius 3 is 2.62 bits per heavy atom. The van der Waals surface area contributed by atoms with Crippen molar-refractivity contribution in [2.24, 2.45) is 0 Å². The van der Waals surface area contributed by atoms with Gasteiger partial charge in [-0.2, -0.15) is 0 Å². The number of hydrogen-bond acceptors (Lipinski definition) is 8. The van der Waals surface area contributed by atoms with Gasteiger partial charge in [0, 0.05) is 29.0 Å². The molecule has 0 fully saturated rings. The van der Waals surface area contributed by atoms with Gasteiger partial charge in [0.25, 0.3) is 5.91 Å². The first kappa shape index (κ1) is 20.2. The van der Waals surface area contributed by atoms with Crippen LogP contribution in [0, 0.1) is 0 Å². The van der Waals surface area contributed by atoms with Crippen LogP contribution in [-0.2, 0) is 25.5 Å². The van der Waals surface area contributed by atoms with E-state index >= 15 is 0 Å².